The second kappa shape index (κ2) is 7.56. The Morgan fingerprint density at radius 2 is 2.15 bits per heavy atom. The Balaban J connectivity index is 1.33. The average Bonchev–Trinajstić information content (AvgIpc) is 3.13. The molecule has 0 spiro atoms. The number of halogens is 2. The third kappa shape index (κ3) is 3.76. The lowest BCUT2D eigenvalue weighted by Gasteiger charge is -2.32. The number of piperidine rings is 1. The highest BCUT2D eigenvalue weighted by molar-refractivity contribution is 6.30. The topological polar surface area (TPSA) is 58.2 Å². The van der Waals surface area contributed by atoms with E-state index >= 15 is 0 Å². The van der Waals surface area contributed by atoms with E-state index in [0.717, 1.165) is 23.9 Å². The van der Waals surface area contributed by atoms with E-state index in [2.05, 4.69) is 16.0 Å². The van der Waals surface area contributed by atoms with Crippen LogP contribution >= 0.6 is 11.6 Å². The number of benzene rings is 1. The summed E-state index contributed by atoms with van der Waals surface area (Å²) in [6, 6.07) is 8.08. The Bertz CT molecular complexity index is 967. The zero-order chi connectivity index (χ0) is 18.8. The Labute approximate surface area is 161 Å². The number of nitrogens with zero attached hydrogens (tertiary/aromatic N) is 2. The maximum absolute atomic E-state index is 13.2. The Kier molecular flexibility index (Phi) is 4.99. The minimum absolute atomic E-state index is 0.0195. The van der Waals surface area contributed by atoms with Crippen molar-refractivity contribution in [1.82, 2.24) is 14.9 Å². The van der Waals surface area contributed by atoms with Gasteiger partial charge < -0.3 is 14.6 Å². The number of carbonyl (C=O) groups is 1. The van der Waals surface area contributed by atoms with Crippen molar-refractivity contribution in [2.24, 2.45) is 0 Å². The molecule has 0 bridgehead atoms. The van der Waals surface area contributed by atoms with Crippen molar-refractivity contribution in [3.05, 3.63) is 59.1 Å². The number of pyridine rings is 1. The van der Waals surface area contributed by atoms with Crippen molar-refractivity contribution in [2.75, 3.05) is 19.7 Å². The molecule has 0 aliphatic carbocycles. The van der Waals surface area contributed by atoms with E-state index in [1.165, 1.54) is 23.8 Å². The first-order valence-corrected chi connectivity index (χ1v) is 9.27. The molecule has 1 fully saturated rings. The quantitative estimate of drug-likeness (QED) is 0.732. The van der Waals surface area contributed by atoms with E-state index in [-0.39, 0.29) is 17.5 Å². The van der Waals surface area contributed by atoms with E-state index in [0.29, 0.717) is 24.8 Å². The zero-order valence-electron chi connectivity index (χ0n) is 14.6. The zero-order valence-corrected chi connectivity index (χ0v) is 15.4. The van der Waals surface area contributed by atoms with Gasteiger partial charge in [-0.3, -0.25) is 4.79 Å². The summed E-state index contributed by atoms with van der Waals surface area (Å²) >= 11 is 5.73. The number of likely N-dealkylation sites (tertiary alicyclic amines) is 1. The summed E-state index contributed by atoms with van der Waals surface area (Å²) in [6.45, 7) is 1.29. The summed E-state index contributed by atoms with van der Waals surface area (Å²) < 4.78 is 18.6. The average molecular weight is 388 g/mol. The molecule has 0 saturated carbocycles. The molecule has 1 aliphatic heterocycles. The molecule has 1 saturated heterocycles. The number of rotatable bonds is 4. The van der Waals surface area contributed by atoms with Gasteiger partial charge in [0, 0.05) is 36.9 Å². The van der Waals surface area contributed by atoms with Crippen molar-refractivity contribution >= 4 is 28.5 Å². The van der Waals surface area contributed by atoms with Gasteiger partial charge in [-0.2, -0.15) is 0 Å². The Morgan fingerprint density at radius 1 is 1.33 bits per heavy atom. The second-order valence-electron chi connectivity index (χ2n) is 6.66. The van der Waals surface area contributed by atoms with Crippen LogP contribution in [0.2, 0.25) is 5.02 Å². The van der Waals surface area contributed by atoms with Gasteiger partial charge in [-0.05, 0) is 48.6 Å². The fourth-order valence-corrected chi connectivity index (χ4v) is 3.73. The summed E-state index contributed by atoms with van der Waals surface area (Å²) in [4.78, 5) is 21.8. The molecule has 3 aromatic rings. The van der Waals surface area contributed by atoms with E-state index in [1.54, 1.807) is 6.20 Å². The van der Waals surface area contributed by atoms with Gasteiger partial charge in [0.05, 0.1) is 5.02 Å². The number of amides is 1. The third-order valence-corrected chi connectivity index (χ3v) is 5.31. The maximum Gasteiger partial charge on any atom is 0.260 e. The van der Waals surface area contributed by atoms with Crippen LogP contribution in [-0.2, 0) is 4.79 Å². The SMILES string of the molecule is O=C(COc1ccc(F)c(Cl)c1)N1CCC(c2c[nH]c3ncccc23)CC1. The predicted octanol–water partition coefficient (Wildman–Crippen LogP) is 4.14. The fraction of sp³-hybridized carbons (Fsp3) is 0.300. The van der Waals surface area contributed by atoms with Crippen LogP contribution in [-0.4, -0.2) is 40.5 Å². The molecule has 140 valence electrons. The molecule has 27 heavy (non-hydrogen) atoms. The monoisotopic (exact) mass is 387 g/mol. The van der Waals surface area contributed by atoms with Crippen LogP contribution in [0, 0.1) is 5.82 Å². The highest BCUT2D eigenvalue weighted by Gasteiger charge is 2.25. The molecule has 0 atom stereocenters. The molecule has 4 rings (SSSR count). The Morgan fingerprint density at radius 3 is 2.93 bits per heavy atom. The fourth-order valence-electron chi connectivity index (χ4n) is 3.56. The normalized spacial score (nSPS) is 15.3. The summed E-state index contributed by atoms with van der Waals surface area (Å²) in [5.74, 6) is 0.208. The van der Waals surface area contributed by atoms with Crippen LogP contribution in [0.25, 0.3) is 11.0 Å². The highest BCUT2D eigenvalue weighted by atomic mass is 35.5. The number of nitrogens with one attached hydrogen (secondary N) is 1. The number of aromatic amines is 1. The van der Waals surface area contributed by atoms with Crippen molar-refractivity contribution < 1.29 is 13.9 Å². The van der Waals surface area contributed by atoms with E-state index in [9.17, 15) is 9.18 Å². The lowest BCUT2D eigenvalue weighted by molar-refractivity contribution is -0.134. The largest absolute Gasteiger partial charge is 0.484 e. The minimum atomic E-state index is -0.509. The molecule has 1 amide bonds. The van der Waals surface area contributed by atoms with Gasteiger partial charge in [0.1, 0.15) is 17.2 Å². The van der Waals surface area contributed by atoms with Gasteiger partial charge in [-0.1, -0.05) is 11.6 Å². The molecular weight excluding hydrogens is 369 g/mol. The first-order chi connectivity index (χ1) is 13.1. The molecule has 0 radical (unpaired) electrons. The summed E-state index contributed by atoms with van der Waals surface area (Å²) in [7, 11) is 0. The van der Waals surface area contributed by atoms with E-state index in [1.807, 2.05) is 17.2 Å². The number of ether oxygens (including phenoxy) is 1. The van der Waals surface area contributed by atoms with Crippen LogP contribution in [0.15, 0.2) is 42.7 Å². The van der Waals surface area contributed by atoms with Gasteiger partial charge >= 0.3 is 0 Å². The predicted molar refractivity (Wildman–Crippen MR) is 102 cm³/mol. The molecule has 1 N–H and O–H groups in total. The van der Waals surface area contributed by atoms with Crippen molar-refractivity contribution in [1.29, 1.82) is 0 Å². The maximum atomic E-state index is 13.2. The molecular formula is C20H19ClFN3O2. The number of aromatic nitrogens is 2. The van der Waals surface area contributed by atoms with Gasteiger partial charge in [0.15, 0.2) is 6.61 Å². The van der Waals surface area contributed by atoms with Crippen LogP contribution in [0.3, 0.4) is 0 Å². The second-order valence-corrected chi connectivity index (χ2v) is 7.07. The molecule has 3 heterocycles. The number of hydrogen-bond acceptors (Lipinski definition) is 3. The lowest BCUT2D eigenvalue weighted by atomic mass is 9.89. The van der Waals surface area contributed by atoms with Gasteiger partial charge in [-0.15, -0.1) is 0 Å². The lowest BCUT2D eigenvalue weighted by Crippen LogP contribution is -2.40. The first kappa shape index (κ1) is 17.8. The molecule has 0 unspecified atom stereocenters. The number of hydrogen-bond donors (Lipinski definition) is 1. The molecule has 1 aromatic carbocycles. The molecule has 5 nitrogen and oxygen atoms in total. The standard InChI is InChI=1S/C20H19ClFN3O2/c21-17-10-14(3-4-18(17)22)27-12-19(26)25-8-5-13(6-9-25)16-11-24-20-15(16)2-1-7-23-20/h1-4,7,10-11,13H,5-6,8-9,12H2,(H,23,24). The van der Waals surface area contributed by atoms with Gasteiger partial charge in [0.25, 0.3) is 5.91 Å². The molecule has 7 heteroatoms. The van der Waals surface area contributed by atoms with Gasteiger partial charge in [0.2, 0.25) is 0 Å². The summed E-state index contributed by atoms with van der Waals surface area (Å²) in [5.41, 5.74) is 2.17. The Hall–Kier alpha value is -2.60. The van der Waals surface area contributed by atoms with Crippen LogP contribution in [0.1, 0.15) is 24.3 Å². The van der Waals surface area contributed by atoms with Crippen molar-refractivity contribution in [3.8, 4) is 5.75 Å². The van der Waals surface area contributed by atoms with E-state index in [4.69, 9.17) is 16.3 Å². The summed E-state index contributed by atoms with van der Waals surface area (Å²) in [5, 5.41) is 1.13. The molecule has 1 aliphatic rings. The number of H-pyrrole nitrogens is 1. The number of fused-ring (bicyclic) bond motifs is 1. The van der Waals surface area contributed by atoms with Crippen LogP contribution in [0.5, 0.6) is 5.75 Å². The van der Waals surface area contributed by atoms with E-state index < -0.39 is 5.82 Å². The van der Waals surface area contributed by atoms with Crippen LogP contribution in [0.4, 0.5) is 4.39 Å². The van der Waals surface area contributed by atoms with Gasteiger partial charge in [-0.25, -0.2) is 9.37 Å². The van der Waals surface area contributed by atoms with Crippen LogP contribution < -0.4 is 4.74 Å². The minimum Gasteiger partial charge on any atom is -0.484 e. The smallest absolute Gasteiger partial charge is 0.260 e. The molecule has 2 aromatic heterocycles. The first-order valence-electron chi connectivity index (χ1n) is 8.89. The van der Waals surface area contributed by atoms with Crippen molar-refractivity contribution in [2.45, 2.75) is 18.8 Å². The van der Waals surface area contributed by atoms with Crippen molar-refractivity contribution in [3.63, 3.8) is 0 Å². The highest BCUT2D eigenvalue weighted by Crippen LogP contribution is 2.32. The number of carbonyl (C=O) groups excluding carboxylic acids is 1. The summed E-state index contributed by atoms with van der Waals surface area (Å²) in [6.07, 6.45) is 5.60. The third-order valence-electron chi connectivity index (χ3n) is 5.02.